The number of aryl methyl sites for hydroxylation is 1. The summed E-state index contributed by atoms with van der Waals surface area (Å²) in [4.78, 5) is 8.89. The number of fused-ring (bicyclic) bond motifs is 1. The Labute approximate surface area is 145 Å². The number of benzene rings is 2. The van der Waals surface area contributed by atoms with E-state index in [1.54, 1.807) is 43.3 Å². The first-order valence-electron chi connectivity index (χ1n) is 7.73. The van der Waals surface area contributed by atoms with E-state index in [0.29, 0.717) is 22.2 Å². The minimum atomic E-state index is -3.65. The van der Waals surface area contributed by atoms with Crippen LogP contribution in [0.4, 0.5) is 5.95 Å². The molecule has 6 nitrogen and oxygen atoms in total. The number of sulfonamides is 1. The van der Waals surface area contributed by atoms with Gasteiger partial charge in [0, 0.05) is 11.8 Å². The van der Waals surface area contributed by atoms with Gasteiger partial charge in [-0.1, -0.05) is 36.4 Å². The zero-order valence-electron chi connectivity index (χ0n) is 13.5. The van der Waals surface area contributed by atoms with Crippen LogP contribution in [-0.4, -0.2) is 18.4 Å². The Morgan fingerprint density at radius 3 is 2.48 bits per heavy atom. The van der Waals surface area contributed by atoms with Crippen molar-refractivity contribution in [1.29, 1.82) is 0 Å². The maximum absolute atomic E-state index is 12.8. The highest BCUT2D eigenvalue weighted by atomic mass is 32.2. The summed E-state index contributed by atoms with van der Waals surface area (Å²) in [6.45, 7) is 1.99. The highest BCUT2D eigenvalue weighted by molar-refractivity contribution is 7.93. The molecule has 1 aliphatic heterocycles. The lowest BCUT2D eigenvalue weighted by Crippen LogP contribution is -2.26. The molecule has 3 aromatic rings. The van der Waals surface area contributed by atoms with E-state index in [-0.39, 0.29) is 12.5 Å². The fourth-order valence-electron chi connectivity index (χ4n) is 2.72. The predicted molar refractivity (Wildman–Crippen MR) is 93.1 cm³/mol. The highest BCUT2D eigenvalue weighted by Gasteiger charge is 2.36. The van der Waals surface area contributed by atoms with E-state index in [2.05, 4.69) is 9.97 Å². The van der Waals surface area contributed by atoms with Crippen LogP contribution in [0.1, 0.15) is 11.3 Å². The van der Waals surface area contributed by atoms with Crippen molar-refractivity contribution in [1.82, 2.24) is 9.97 Å². The van der Waals surface area contributed by atoms with Crippen LogP contribution >= 0.6 is 0 Å². The average Bonchev–Trinajstić information content (AvgIpc) is 2.87. The largest absolute Gasteiger partial charge is 0.439 e. The third kappa shape index (κ3) is 2.83. The summed E-state index contributed by atoms with van der Waals surface area (Å²) in [6, 6.07) is 17.8. The number of para-hydroxylation sites is 1. The topological polar surface area (TPSA) is 72.4 Å². The van der Waals surface area contributed by atoms with E-state index in [4.69, 9.17) is 4.74 Å². The summed E-state index contributed by atoms with van der Waals surface area (Å²) < 4.78 is 32.5. The van der Waals surface area contributed by atoms with Crippen LogP contribution in [0.5, 0.6) is 11.6 Å². The van der Waals surface area contributed by atoms with Gasteiger partial charge in [0.25, 0.3) is 10.0 Å². The normalized spacial score (nSPS) is 15.0. The molecule has 4 rings (SSSR count). The number of nitrogens with zero attached hydrogens (tertiary/aromatic N) is 3. The van der Waals surface area contributed by atoms with E-state index in [0.717, 1.165) is 5.56 Å². The summed E-state index contributed by atoms with van der Waals surface area (Å²) in [7, 11) is -3.65. The zero-order chi connectivity index (χ0) is 17.4. The Kier molecular flexibility index (Phi) is 3.65. The van der Waals surface area contributed by atoms with Crippen LogP contribution in [0.3, 0.4) is 0 Å². The van der Waals surface area contributed by atoms with Gasteiger partial charge in [-0.3, -0.25) is 0 Å². The average molecular weight is 353 g/mol. The van der Waals surface area contributed by atoms with Gasteiger partial charge >= 0.3 is 0 Å². The van der Waals surface area contributed by atoms with Gasteiger partial charge in [-0.2, -0.15) is 4.98 Å². The molecule has 0 amide bonds. The van der Waals surface area contributed by atoms with Crippen molar-refractivity contribution in [2.75, 3.05) is 4.31 Å². The second kappa shape index (κ2) is 5.86. The fourth-order valence-corrected chi connectivity index (χ4v) is 4.28. The van der Waals surface area contributed by atoms with Crippen molar-refractivity contribution in [3.63, 3.8) is 0 Å². The molecule has 0 spiro atoms. The van der Waals surface area contributed by atoms with Crippen molar-refractivity contribution >= 4 is 16.0 Å². The maximum atomic E-state index is 12.8. The lowest BCUT2D eigenvalue weighted by Gasteiger charge is -2.16. The molecule has 0 saturated carbocycles. The first kappa shape index (κ1) is 15.6. The molecule has 1 aromatic heterocycles. The third-order valence-corrected chi connectivity index (χ3v) is 5.69. The molecular weight excluding hydrogens is 338 g/mol. The van der Waals surface area contributed by atoms with Crippen LogP contribution in [0.2, 0.25) is 0 Å². The predicted octanol–water partition coefficient (Wildman–Crippen LogP) is 3.29. The van der Waals surface area contributed by atoms with Gasteiger partial charge in [0.05, 0.1) is 11.4 Å². The minimum absolute atomic E-state index is 0.113. The molecule has 0 aliphatic carbocycles. The van der Waals surface area contributed by atoms with Gasteiger partial charge in [0.1, 0.15) is 5.75 Å². The standard InChI is InChI=1S/C18H15N3O3S/c1-13-11-17(24-15-8-3-2-4-9-15)20-18(19-13)21-12-14-7-5-6-10-16(14)25(21,22)23/h2-11H,12H2,1H3. The molecule has 0 atom stereocenters. The van der Waals surface area contributed by atoms with Gasteiger partial charge in [0.2, 0.25) is 11.8 Å². The zero-order valence-corrected chi connectivity index (χ0v) is 14.3. The summed E-state index contributed by atoms with van der Waals surface area (Å²) in [5.41, 5.74) is 1.36. The molecule has 7 heteroatoms. The van der Waals surface area contributed by atoms with Gasteiger partial charge in [-0.15, -0.1) is 0 Å². The van der Waals surface area contributed by atoms with Gasteiger partial charge in [-0.05, 0) is 30.7 Å². The molecule has 0 radical (unpaired) electrons. The Hall–Kier alpha value is -2.93. The highest BCUT2D eigenvalue weighted by Crippen LogP contribution is 2.33. The molecule has 0 unspecified atom stereocenters. The molecule has 0 N–H and O–H groups in total. The summed E-state index contributed by atoms with van der Waals surface area (Å²) in [5.74, 6) is 1.04. The van der Waals surface area contributed by atoms with E-state index in [1.165, 1.54) is 4.31 Å². The van der Waals surface area contributed by atoms with E-state index >= 15 is 0 Å². The van der Waals surface area contributed by atoms with E-state index in [1.807, 2.05) is 24.3 Å². The molecule has 2 heterocycles. The van der Waals surface area contributed by atoms with Crippen LogP contribution < -0.4 is 9.04 Å². The van der Waals surface area contributed by atoms with Crippen LogP contribution in [0.15, 0.2) is 65.6 Å². The van der Waals surface area contributed by atoms with E-state index < -0.39 is 10.0 Å². The fraction of sp³-hybridized carbons (Fsp3) is 0.111. The number of anilines is 1. The van der Waals surface area contributed by atoms with Crippen molar-refractivity contribution in [3.05, 3.63) is 71.9 Å². The first-order chi connectivity index (χ1) is 12.0. The van der Waals surface area contributed by atoms with Crippen molar-refractivity contribution < 1.29 is 13.2 Å². The number of hydrogen-bond donors (Lipinski definition) is 0. The maximum Gasteiger partial charge on any atom is 0.267 e. The second-order valence-corrected chi connectivity index (χ2v) is 7.51. The quantitative estimate of drug-likeness (QED) is 0.722. The number of aromatic nitrogens is 2. The molecule has 2 aromatic carbocycles. The SMILES string of the molecule is Cc1cc(Oc2ccccc2)nc(N2Cc3ccccc3S2(=O)=O)n1. The molecular formula is C18H15N3O3S. The smallest absolute Gasteiger partial charge is 0.267 e. The van der Waals surface area contributed by atoms with Gasteiger partial charge in [-0.25, -0.2) is 17.7 Å². The Morgan fingerprint density at radius 2 is 1.72 bits per heavy atom. The monoisotopic (exact) mass is 353 g/mol. The molecule has 0 saturated heterocycles. The number of rotatable bonds is 3. The summed E-state index contributed by atoms with van der Waals surface area (Å²) in [6.07, 6.45) is 0. The third-order valence-electron chi connectivity index (χ3n) is 3.86. The number of ether oxygens (including phenoxy) is 1. The summed E-state index contributed by atoms with van der Waals surface area (Å²) in [5, 5.41) is 0. The molecule has 1 aliphatic rings. The number of hydrogen-bond acceptors (Lipinski definition) is 5. The molecule has 126 valence electrons. The minimum Gasteiger partial charge on any atom is -0.439 e. The molecule has 0 fully saturated rings. The van der Waals surface area contributed by atoms with Gasteiger partial charge in [0.15, 0.2) is 0 Å². The Bertz CT molecular complexity index is 1040. The summed E-state index contributed by atoms with van der Waals surface area (Å²) >= 11 is 0. The van der Waals surface area contributed by atoms with Crippen LogP contribution in [-0.2, 0) is 16.6 Å². The van der Waals surface area contributed by atoms with Gasteiger partial charge < -0.3 is 4.74 Å². The van der Waals surface area contributed by atoms with Crippen LogP contribution in [0, 0.1) is 6.92 Å². The second-order valence-electron chi connectivity index (χ2n) is 5.68. The Morgan fingerprint density at radius 1 is 1.00 bits per heavy atom. The molecule has 0 bridgehead atoms. The van der Waals surface area contributed by atoms with Crippen molar-refractivity contribution in [3.8, 4) is 11.6 Å². The van der Waals surface area contributed by atoms with Crippen LogP contribution in [0.25, 0.3) is 0 Å². The lowest BCUT2D eigenvalue weighted by molar-refractivity contribution is 0.461. The Balaban J connectivity index is 1.72. The van der Waals surface area contributed by atoms with E-state index in [9.17, 15) is 8.42 Å². The lowest BCUT2D eigenvalue weighted by atomic mass is 10.2. The molecule has 25 heavy (non-hydrogen) atoms. The van der Waals surface area contributed by atoms with Crippen molar-refractivity contribution in [2.24, 2.45) is 0 Å². The van der Waals surface area contributed by atoms with Crippen molar-refractivity contribution in [2.45, 2.75) is 18.4 Å². The first-order valence-corrected chi connectivity index (χ1v) is 9.17.